The summed E-state index contributed by atoms with van der Waals surface area (Å²) >= 11 is 0. The highest BCUT2D eigenvalue weighted by Gasteiger charge is 2.19. The van der Waals surface area contributed by atoms with Crippen LogP contribution in [-0.4, -0.2) is 57.7 Å². The first-order valence-electron chi connectivity index (χ1n) is 8.21. The number of nitrogens with one attached hydrogen (secondary N) is 1. The van der Waals surface area contributed by atoms with Gasteiger partial charge in [-0.1, -0.05) is 12.1 Å². The average molecular weight is 316 g/mol. The molecule has 1 aliphatic heterocycles. The third-order valence-electron chi connectivity index (χ3n) is 4.40. The van der Waals surface area contributed by atoms with E-state index in [1.54, 1.807) is 0 Å². The third-order valence-corrected chi connectivity index (χ3v) is 4.40. The number of aliphatic hydroxyl groups is 1. The van der Waals surface area contributed by atoms with E-state index in [0.29, 0.717) is 26.1 Å². The smallest absolute Gasteiger partial charge is 0.234 e. The van der Waals surface area contributed by atoms with E-state index in [-0.39, 0.29) is 12.0 Å². The predicted molar refractivity (Wildman–Crippen MR) is 89.1 cm³/mol. The largest absolute Gasteiger partial charge is 0.392 e. The number of piperidine rings is 1. The van der Waals surface area contributed by atoms with Gasteiger partial charge in [0, 0.05) is 26.6 Å². The molecule has 1 aromatic carbocycles. The molecule has 1 fully saturated rings. The van der Waals surface area contributed by atoms with Crippen LogP contribution in [0.5, 0.6) is 0 Å². The summed E-state index contributed by atoms with van der Waals surface area (Å²) in [6.07, 6.45) is 2.20. The monoisotopic (exact) mass is 316 g/mol. The van der Waals surface area contributed by atoms with Gasteiger partial charge < -0.3 is 15.0 Å². The minimum Gasteiger partial charge on any atom is -0.392 e. The number of likely N-dealkylation sites (tertiary alicyclic amines) is 1. The summed E-state index contributed by atoms with van der Waals surface area (Å²) in [5.74, 6) is 0.984. The van der Waals surface area contributed by atoms with Gasteiger partial charge in [0.25, 0.3) is 0 Å². The Labute approximate surface area is 136 Å². The molecule has 0 radical (unpaired) electrons. The van der Waals surface area contributed by atoms with E-state index in [1.165, 1.54) is 0 Å². The summed E-state index contributed by atoms with van der Waals surface area (Å²) in [6, 6.07) is 8.03. The van der Waals surface area contributed by atoms with Crippen molar-refractivity contribution in [3.05, 3.63) is 30.1 Å². The number of amides is 1. The first kappa shape index (κ1) is 16.0. The Morgan fingerprint density at radius 3 is 3.04 bits per heavy atom. The van der Waals surface area contributed by atoms with Gasteiger partial charge in [-0.3, -0.25) is 9.69 Å². The number of aromatic nitrogens is 2. The molecule has 0 saturated carbocycles. The van der Waals surface area contributed by atoms with Gasteiger partial charge >= 0.3 is 0 Å². The van der Waals surface area contributed by atoms with E-state index in [1.807, 2.05) is 36.2 Å². The lowest BCUT2D eigenvalue weighted by atomic mass is 10.1. The molecule has 0 unspecified atom stereocenters. The van der Waals surface area contributed by atoms with Crippen molar-refractivity contribution in [2.45, 2.75) is 25.4 Å². The summed E-state index contributed by atoms with van der Waals surface area (Å²) in [6.45, 7) is 2.42. The minimum absolute atomic E-state index is 0.0119. The molecule has 6 heteroatoms. The molecule has 2 N–H and O–H groups in total. The second kappa shape index (κ2) is 7.10. The second-order valence-corrected chi connectivity index (χ2v) is 6.21. The fourth-order valence-electron chi connectivity index (χ4n) is 3.17. The Hall–Kier alpha value is -1.92. The number of hydrogen-bond acceptors (Lipinski definition) is 4. The fourth-order valence-corrected chi connectivity index (χ4v) is 3.17. The molecule has 0 bridgehead atoms. The molecule has 2 aromatic rings. The molecule has 1 atom stereocenters. The van der Waals surface area contributed by atoms with Crippen LogP contribution in [0.25, 0.3) is 11.0 Å². The van der Waals surface area contributed by atoms with Crippen molar-refractivity contribution in [2.24, 2.45) is 7.05 Å². The van der Waals surface area contributed by atoms with E-state index in [0.717, 1.165) is 36.2 Å². The first-order chi connectivity index (χ1) is 11.1. The number of aliphatic hydroxyl groups excluding tert-OH is 1. The fraction of sp³-hybridized carbons (Fsp3) is 0.529. The third kappa shape index (κ3) is 3.89. The van der Waals surface area contributed by atoms with E-state index in [4.69, 9.17) is 0 Å². The van der Waals surface area contributed by atoms with Gasteiger partial charge in [0.2, 0.25) is 5.91 Å². The number of β-amino-alcohol motifs (C(OH)–C–C–N with tert-alkyl or cyclic N) is 1. The van der Waals surface area contributed by atoms with Crippen LogP contribution < -0.4 is 5.32 Å². The molecule has 6 nitrogen and oxygen atoms in total. The van der Waals surface area contributed by atoms with Crippen molar-refractivity contribution in [1.29, 1.82) is 0 Å². The topological polar surface area (TPSA) is 70.4 Å². The maximum absolute atomic E-state index is 12.0. The highest BCUT2D eigenvalue weighted by atomic mass is 16.3. The average Bonchev–Trinajstić information content (AvgIpc) is 2.84. The maximum Gasteiger partial charge on any atom is 0.234 e. The Bertz CT molecular complexity index is 682. The zero-order valence-corrected chi connectivity index (χ0v) is 13.5. The summed E-state index contributed by atoms with van der Waals surface area (Å²) in [5, 5.41) is 12.6. The van der Waals surface area contributed by atoms with Crippen molar-refractivity contribution in [1.82, 2.24) is 19.8 Å². The molecule has 0 aliphatic carbocycles. The molecule has 1 amide bonds. The van der Waals surface area contributed by atoms with Crippen molar-refractivity contribution in [3.8, 4) is 0 Å². The van der Waals surface area contributed by atoms with Crippen molar-refractivity contribution < 1.29 is 9.90 Å². The van der Waals surface area contributed by atoms with E-state index in [2.05, 4.69) is 14.9 Å². The van der Waals surface area contributed by atoms with Crippen molar-refractivity contribution in [3.63, 3.8) is 0 Å². The number of hydrogen-bond donors (Lipinski definition) is 2. The molecular weight excluding hydrogens is 292 g/mol. The standard InChI is InChI=1S/C17H24N4O2/c1-20-15-7-3-2-6-14(15)19-16(20)8-9-18-17(23)12-21-10-4-5-13(22)11-21/h2-3,6-7,13,22H,4-5,8-12H2,1H3,(H,18,23)/t13-/m1/s1. The van der Waals surface area contributed by atoms with Crippen LogP contribution in [0, 0.1) is 0 Å². The quantitative estimate of drug-likeness (QED) is 0.851. The SMILES string of the molecule is Cn1c(CCNC(=O)CN2CCC[C@@H](O)C2)nc2ccccc21. The van der Waals surface area contributed by atoms with Gasteiger partial charge in [-0.2, -0.15) is 0 Å². The number of nitrogens with zero attached hydrogens (tertiary/aromatic N) is 3. The number of para-hydroxylation sites is 2. The van der Waals surface area contributed by atoms with Crippen molar-refractivity contribution >= 4 is 16.9 Å². The van der Waals surface area contributed by atoms with E-state index >= 15 is 0 Å². The van der Waals surface area contributed by atoms with Gasteiger partial charge in [-0.15, -0.1) is 0 Å². The molecule has 1 aliphatic rings. The Morgan fingerprint density at radius 1 is 1.43 bits per heavy atom. The van der Waals surface area contributed by atoms with Crippen LogP contribution in [0.4, 0.5) is 0 Å². The molecule has 1 saturated heterocycles. The van der Waals surface area contributed by atoms with Crippen LogP contribution >= 0.6 is 0 Å². The lowest BCUT2D eigenvalue weighted by Gasteiger charge is -2.29. The number of carbonyl (C=O) groups excluding carboxylic acids is 1. The van der Waals surface area contributed by atoms with Crippen LogP contribution in [0.1, 0.15) is 18.7 Å². The van der Waals surface area contributed by atoms with Crippen LogP contribution in [0.2, 0.25) is 0 Å². The number of imidazole rings is 1. The van der Waals surface area contributed by atoms with Gasteiger partial charge in [0.05, 0.1) is 23.7 Å². The molecule has 0 spiro atoms. The predicted octanol–water partition coefficient (Wildman–Crippen LogP) is 0.689. The molecule has 2 heterocycles. The first-order valence-corrected chi connectivity index (χ1v) is 8.21. The zero-order valence-electron chi connectivity index (χ0n) is 13.5. The number of carbonyl (C=O) groups is 1. The molecule has 124 valence electrons. The number of fused-ring (bicyclic) bond motifs is 1. The molecule has 3 rings (SSSR count). The van der Waals surface area contributed by atoms with Crippen LogP contribution in [0.15, 0.2) is 24.3 Å². The van der Waals surface area contributed by atoms with E-state index < -0.39 is 0 Å². The van der Waals surface area contributed by atoms with Gasteiger partial charge in [-0.05, 0) is 31.5 Å². The molecule has 23 heavy (non-hydrogen) atoms. The summed E-state index contributed by atoms with van der Waals surface area (Å²) in [5.41, 5.74) is 2.09. The van der Waals surface area contributed by atoms with Crippen LogP contribution in [0.3, 0.4) is 0 Å². The summed E-state index contributed by atoms with van der Waals surface area (Å²) in [7, 11) is 2.00. The van der Waals surface area contributed by atoms with Gasteiger partial charge in [-0.25, -0.2) is 4.98 Å². The second-order valence-electron chi connectivity index (χ2n) is 6.21. The minimum atomic E-state index is -0.295. The maximum atomic E-state index is 12.0. The summed E-state index contributed by atoms with van der Waals surface area (Å²) < 4.78 is 2.07. The molecule has 1 aromatic heterocycles. The number of aryl methyl sites for hydroxylation is 1. The van der Waals surface area contributed by atoms with Gasteiger partial charge in [0.15, 0.2) is 0 Å². The number of rotatable bonds is 5. The lowest BCUT2D eigenvalue weighted by molar-refractivity contribution is -0.122. The zero-order chi connectivity index (χ0) is 16.2. The van der Waals surface area contributed by atoms with E-state index in [9.17, 15) is 9.90 Å². The highest BCUT2D eigenvalue weighted by molar-refractivity contribution is 5.78. The summed E-state index contributed by atoms with van der Waals surface area (Å²) in [4.78, 5) is 18.6. The Kier molecular flexibility index (Phi) is 4.93. The van der Waals surface area contributed by atoms with Crippen molar-refractivity contribution in [2.75, 3.05) is 26.2 Å². The van der Waals surface area contributed by atoms with Crippen LogP contribution in [-0.2, 0) is 18.3 Å². The Balaban J connectivity index is 1.48. The molecular formula is C17H24N4O2. The highest BCUT2D eigenvalue weighted by Crippen LogP contribution is 2.14. The van der Waals surface area contributed by atoms with Gasteiger partial charge in [0.1, 0.15) is 5.82 Å². The Morgan fingerprint density at radius 2 is 2.26 bits per heavy atom. The normalized spacial score (nSPS) is 19.1. The lowest BCUT2D eigenvalue weighted by Crippen LogP contribution is -2.44. The number of benzene rings is 1.